The first kappa shape index (κ1) is 18.8. The van der Waals surface area contributed by atoms with Gasteiger partial charge in [-0.15, -0.1) is 0 Å². The lowest BCUT2D eigenvalue weighted by molar-refractivity contribution is 0.0652. The largest absolute Gasteiger partial charge is 0.322 e. The molecule has 2 amide bonds. The minimum atomic E-state index is -0.281. The van der Waals surface area contributed by atoms with Gasteiger partial charge < -0.3 is 4.90 Å². The zero-order chi connectivity index (χ0) is 20.7. The molecule has 30 heavy (non-hydrogen) atoms. The molecule has 0 saturated carbocycles. The maximum atomic E-state index is 14.6. The van der Waals surface area contributed by atoms with E-state index in [0.717, 1.165) is 15.6 Å². The monoisotopic (exact) mass is 419 g/mol. The van der Waals surface area contributed by atoms with Crippen LogP contribution < -0.4 is 4.90 Å². The van der Waals surface area contributed by atoms with E-state index in [4.69, 9.17) is 0 Å². The second-order valence-electron chi connectivity index (χ2n) is 7.18. The van der Waals surface area contributed by atoms with Gasteiger partial charge >= 0.3 is 0 Å². The van der Waals surface area contributed by atoms with Crippen molar-refractivity contribution in [1.82, 2.24) is 9.88 Å². The Bertz CT molecular complexity index is 1130. The van der Waals surface area contributed by atoms with E-state index in [1.54, 1.807) is 36.5 Å². The number of imide groups is 1. The van der Waals surface area contributed by atoms with Crippen molar-refractivity contribution < 1.29 is 14.0 Å². The van der Waals surface area contributed by atoms with Crippen molar-refractivity contribution in [3.05, 3.63) is 77.7 Å². The fraction of sp³-hybridized carbons (Fsp3) is 0.174. The average molecular weight is 419 g/mol. The van der Waals surface area contributed by atoms with Crippen molar-refractivity contribution >= 4 is 35.1 Å². The summed E-state index contributed by atoms with van der Waals surface area (Å²) in [6.07, 6.45) is 3.01. The molecule has 3 aromatic rings. The number of pyridine rings is 1. The van der Waals surface area contributed by atoms with E-state index in [-0.39, 0.29) is 17.6 Å². The van der Waals surface area contributed by atoms with Crippen LogP contribution in [0.25, 0.3) is 0 Å². The van der Waals surface area contributed by atoms with E-state index in [1.165, 1.54) is 22.7 Å². The molecule has 1 aromatic heterocycles. The molecule has 2 aromatic carbocycles. The third-order valence-corrected chi connectivity index (χ3v) is 6.43. The highest BCUT2D eigenvalue weighted by molar-refractivity contribution is 7.99. The number of fused-ring (bicyclic) bond motifs is 3. The normalized spacial score (nSPS) is 14.6. The fourth-order valence-electron chi connectivity index (χ4n) is 3.93. The number of hydrogen-bond donors (Lipinski definition) is 0. The van der Waals surface area contributed by atoms with Gasteiger partial charge in [0.05, 0.1) is 21.7 Å². The Balaban J connectivity index is 1.30. The molecule has 5 nitrogen and oxygen atoms in total. The number of hydrogen-bond acceptors (Lipinski definition) is 5. The van der Waals surface area contributed by atoms with Gasteiger partial charge in [-0.2, -0.15) is 0 Å². The van der Waals surface area contributed by atoms with Crippen LogP contribution in [0.4, 0.5) is 15.9 Å². The smallest absolute Gasteiger partial charge is 0.261 e. The maximum absolute atomic E-state index is 14.6. The Labute approximate surface area is 177 Å². The van der Waals surface area contributed by atoms with Crippen LogP contribution >= 0.6 is 11.8 Å². The van der Waals surface area contributed by atoms with Gasteiger partial charge in [0.2, 0.25) is 0 Å². The summed E-state index contributed by atoms with van der Waals surface area (Å²) < 4.78 is 14.6. The van der Waals surface area contributed by atoms with Gasteiger partial charge in [0.1, 0.15) is 11.6 Å². The van der Waals surface area contributed by atoms with Crippen LogP contribution in [0.5, 0.6) is 0 Å². The number of anilines is 2. The van der Waals surface area contributed by atoms with Gasteiger partial charge in [-0.25, -0.2) is 9.37 Å². The van der Waals surface area contributed by atoms with Crippen molar-refractivity contribution in [3.8, 4) is 0 Å². The number of halogens is 1. The summed E-state index contributed by atoms with van der Waals surface area (Å²) in [7, 11) is 0. The Morgan fingerprint density at radius 3 is 2.20 bits per heavy atom. The third-order valence-electron chi connectivity index (χ3n) is 5.34. The SMILES string of the molecule is O=C1c2ccccc2C(=O)N1CCCCN1c2ncccc2Sc2cccc(F)c21. The molecule has 0 atom stereocenters. The Morgan fingerprint density at radius 2 is 1.47 bits per heavy atom. The Kier molecular flexibility index (Phi) is 4.75. The summed E-state index contributed by atoms with van der Waals surface area (Å²) in [4.78, 5) is 34.5. The van der Waals surface area contributed by atoms with Gasteiger partial charge in [0, 0.05) is 24.2 Å². The maximum Gasteiger partial charge on any atom is 0.261 e. The van der Waals surface area contributed by atoms with Gasteiger partial charge in [-0.3, -0.25) is 14.5 Å². The highest BCUT2D eigenvalue weighted by atomic mass is 32.2. The highest BCUT2D eigenvalue weighted by Crippen LogP contribution is 2.48. The summed E-state index contributed by atoms with van der Waals surface area (Å²) in [5.41, 5.74) is 1.46. The Hall–Kier alpha value is -3.19. The van der Waals surface area contributed by atoms with Gasteiger partial charge in [0.15, 0.2) is 0 Å². The molecule has 150 valence electrons. The lowest BCUT2D eigenvalue weighted by Gasteiger charge is -2.31. The number of para-hydroxylation sites is 1. The minimum absolute atomic E-state index is 0.242. The number of amides is 2. The first-order valence-corrected chi connectivity index (χ1v) is 10.6. The molecule has 0 N–H and O–H groups in total. The first-order valence-electron chi connectivity index (χ1n) is 9.79. The number of carbonyl (C=O) groups is 2. The van der Waals surface area contributed by atoms with Crippen LogP contribution in [0.2, 0.25) is 0 Å². The predicted octanol–water partition coefficient (Wildman–Crippen LogP) is 4.90. The number of aromatic nitrogens is 1. The van der Waals surface area contributed by atoms with Gasteiger partial charge in [-0.05, 0) is 49.2 Å². The predicted molar refractivity (Wildman–Crippen MR) is 113 cm³/mol. The van der Waals surface area contributed by atoms with E-state index in [2.05, 4.69) is 4.98 Å². The van der Waals surface area contributed by atoms with Crippen LogP contribution in [-0.4, -0.2) is 34.8 Å². The second-order valence-corrected chi connectivity index (χ2v) is 8.26. The molecule has 0 spiro atoms. The number of unbranched alkanes of at least 4 members (excludes halogenated alkanes) is 1. The molecule has 5 rings (SSSR count). The van der Waals surface area contributed by atoms with E-state index in [1.807, 2.05) is 23.1 Å². The van der Waals surface area contributed by atoms with Crippen LogP contribution in [0, 0.1) is 5.82 Å². The quantitative estimate of drug-likeness (QED) is 0.435. The molecule has 2 aliphatic rings. The van der Waals surface area contributed by atoms with Crippen LogP contribution in [0.15, 0.2) is 70.6 Å². The van der Waals surface area contributed by atoms with E-state index in [9.17, 15) is 14.0 Å². The molecule has 0 bridgehead atoms. The molecule has 0 radical (unpaired) electrons. The average Bonchev–Trinajstić information content (AvgIpc) is 3.01. The summed E-state index contributed by atoms with van der Waals surface area (Å²) in [6.45, 7) is 0.885. The molecule has 2 aliphatic heterocycles. The Morgan fingerprint density at radius 1 is 0.800 bits per heavy atom. The second kappa shape index (κ2) is 7.57. The van der Waals surface area contributed by atoms with E-state index in [0.29, 0.717) is 42.7 Å². The summed E-state index contributed by atoms with van der Waals surface area (Å²) in [5, 5.41) is 0. The molecule has 7 heteroatoms. The molecular weight excluding hydrogens is 401 g/mol. The van der Waals surface area contributed by atoms with Crippen molar-refractivity contribution in [1.29, 1.82) is 0 Å². The molecule has 3 heterocycles. The minimum Gasteiger partial charge on any atom is -0.322 e. The van der Waals surface area contributed by atoms with Crippen LogP contribution in [0.3, 0.4) is 0 Å². The number of benzene rings is 2. The number of carbonyl (C=O) groups excluding carboxylic acids is 2. The fourth-order valence-corrected chi connectivity index (χ4v) is 5.02. The lowest BCUT2D eigenvalue weighted by Crippen LogP contribution is -2.31. The van der Waals surface area contributed by atoms with E-state index >= 15 is 0 Å². The topological polar surface area (TPSA) is 53.5 Å². The van der Waals surface area contributed by atoms with Crippen molar-refractivity contribution in [3.63, 3.8) is 0 Å². The summed E-state index contributed by atoms with van der Waals surface area (Å²) in [5.74, 6) is -0.0285. The molecule has 0 fully saturated rings. The standard InChI is InChI=1S/C23H18FN3O2S/c24-17-9-5-10-18-20(17)26(21-19(30-18)11-6-12-25-21)13-3-4-14-27-22(28)15-7-1-2-8-16(15)23(27)29/h1-2,5-12H,3-4,13-14H2. The highest BCUT2D eigenvalue weighted by Gasteiger charge is 2.34. The lowest BCUT2D eigenvalue weighted by atomic mass is 10.1. The zero-order valence-corrected chi connectivity index (χ0v) is 16.9. The number of nitrogens with zero attached hydrogens (tertiary/aromatic N) is 3. The molecule has 0 aliphatic carbocycles. The molecular formula is C23H18FN3O2S. The first-order chi connectivity index (χ1) is 14.6. The van der Waals surface area contributed by atoms with Gasteiger partial charge in [0.25, 0.3) is 11.8 Å². The van der Waals surface area contributed by atoms with Crippen LogP contribution in [-0.2, 0) is 0 Å². The summed E-state index contributed by atoms with van der Waals surface area (Å²) >= 11 is 1.51. The van der Waals surface area contributed by atoms with E-state index < -0.39 is 0 Å². The zero-order valence-electron chi connectivity index (χ0n) is 16.0. The summed E-state index contributed by atoms with van der Waals surface area (Å²) in [6, 6.07) is 15.8. The third kappa shape index (κ3) is 3.06. The molecule has 0 unspecified atom stereocenters. The van der Waals surface area contributed by atoms with Crippen molar-refractivity contribution in [2.24, 2.45) is 0 Å². The van der Waals surface area contributed by atoms with Crippen molar-refractivity contribution in [2.45, 2.75) is 22.6 Å². The molecule has 0 saturated heterocycles. The number of rotatable bonds is 5. The van der Waals surface area contributed by atoms with Crippen molar-refractivity contribution in [2.75, 3.05) is 18.0 Å². The van der Waals surface area contributed by atoms with Crippen LogP contribution in [0.1, 0.15) is 33.6 Å². The van der Waals surface area contributed by atoms with Gasteiger partial charge in [-0.1, -0.05) is 30.0 Å².